The Balaban J connectivity index is 2.47. The van der Waals surface area contributed by atoms with E-state index in [0.717, 1.165) is 34.8 Å². The minimum Gasteiger partial charge on any atom is -0.496 e. The second-order valence-corrected chi connectivity index (χ2v) is 5.28. The van der Waals surface area contributed by atoms with E-state index < -0.39 is 0 Å². The van der Waals surface area contributed by atoms with Crippen molar-refractivity contribution in [3.63, 3.8) is 0 Å². The van der Waals surface area contributed by atoms with Gasteiger partial charge in [-0.25, -0.2) is 0 Å². The number of aryl methyl sites for hydroxylation is 1. The molecule has 4 nitrogen and oxygen atoms in total. The number of methoxy groups -OCH3 is 1. The van der Waals surface area contributed by atoms with Gasteiger partial charge in [0, 0.05) is 18.1 Å². The third-order valence-electron chi connectivity index (χ3n) is 3.42. The smallest absolute Gasteiger partial charge is 0.167 e. The van der Waals surface area contributed by atoms with Crippen LogP contribution >= 0.6 is 0 Å². The normalized spacial score (nSPS) is 11.1. The van der Waals surface area contributed by atoms with Crippen LogP contribution in [0.25, 0.3) is 11.3 Å². The lowest BCUT2D eigenvalue weighted by Gasteiger charge is -2.14. The van der Waals surface area contributed by atoms with Crippen LogP contribution in [-0.4, -0.2) is 18.8 Å². The summed E-state index contributed by atoms with van der Waals surface area (Å²) in [5, 5.41) is 4.05. The molecule has 0 aliphatic heterocycles. The lowest BCUT2D eigenvalue weighted by Crippen LogP contribution is -2.02. The predicted molar refractivity (Wildman–Crippen MR) is 80.1 cm³/mol. The van der Waals surface area contributed by atoms with Crippen molar-refractivity contribution in [3.05, 3.63) is 35.0 Å². The van der Waals surface area contributed by atoms with Gasteiger partial charge in [-0.2, -0.15) is 0 Å². The molecule has 0 bridgehead atoms. The maximum atomic E-state index is 5.54. The highest BCUT2D eigenvalue weighted by molar-refractivity contribution is 5.65. The predicted octanol–water partition coefficient (Wildman–Crippen LogP) is 3.28. The Morgan fingerprint density at radius 1 is 1.30 bits per heavy atom. The van der Waals surface area contributed by atoms with E-state index in [1.165, 1.54) is 5.56 Å². The van der Waals surface area contributed by atoms with Gasteiger partial charge in [0.2, 0.25) is 0 Å². The van der Waals surface area contributed by atoms with Crippen LogP contribution in [0.2, 0.25) is 0 Å². The largest absolute Gasteiger partial charge is 0.496 e. The van der Waals surface area contributed by atoms with Gasteiger partial charge < -0.3 is 15.0 Å². The number of benzene rings is 1. The van der Waals surface area contributed by atoms with Crippen molar-refractivity contribution in [1.29, 1.82) is 0 Å². The van der Waals surface area contributed by atoms with Crippen LogP contribution in [0.5, 0.6) is 5.75 Å². The highest BCUT2D eigenvalue weighted by Crippen LogP contribution is 2.34. The fraction of sp³-hybridized carbons (Fsp3) is 0.438. The van der Waals surface area contributed by atoms with E-state index >= 15 is 0 Å². The van der Waals surface area contributed by atoms with Crippen molar-refractivity contribution in [2.45, 2.75) is 33.1 Å². The second-order valence-electron chi connectivity index (χ2n) is 5.28. The summed E-state index contributed by atoms with van der Waals surface area (Å²) in [4.78, 5) is 0. The summed E-state index contributed by atoms with van der Waals surface area (Å²) in [6, 6.07) is 6.15. The zero-order valence-electron chi connectivity index (χ0n) is 12.6. The molecule has 0 aliphatic carbocycles. The van der Waals surface area contributed by atoms with Gasteiger partial charge in [-0.1, -0.05) is 19.0 Å². The van der Waals surface area contributed by atoms with Crippen LogP contribution in [0, 0.1) is 6.92 Å². The Kier molecular flexibility index (Phi) is 4.45. The quantitative estimate of drug-likeness (QED) is 0.909. The van der Waals surface area contributed by atoms with E-state index in [2.05, 4.69) is 31.1 Å². The van der Waals surface area contributed by atoms with Gasteiger partial charge in [0.15, 0.2) is 5.76 Å². The first-order valence-electron chi connectivity index (χ1n) is 6.91. The lowest BCUT2D eigenvalue weighted by molar-refractivity contribution is 0.406. The fourth-order valence-electron chi connectivity index (χ4n) is 2.30. The summed E-state index contributed by atoms with van der Waals surface area (Å²) in [5.74, 6) is 2.09. The van der Waals surface area contributed by atoms with Crippen molar-refractivity contribution in [2.75, 3.05) is 13.7 Å². The molecule has 0 aliphatic rings. The zero-order valence-corrected chi connectivity index (χ0v) is 12.6. The van der Waals surface area contributed by atoms with Gasteiger partial charge in [-0.15, -0.1) is 0 Å². The van der Waals surface area contributed by atoms with E-state index in [1.54, 1.807) is 7.11 Å². The van der Waals surface area contributed by atoms with Gasteiger partial charge in [-0.05, 0) is 42.6 Å². The minimum atomic E-state index is 0.385. The third-order valence-corrected chi connectivity index (χ3v) is 3.42. The van der Waals surface area contributed by atoms with E-state index in [-0.39, 0.29) is 0 Å². The summed E-state index contributed by atoms with van der Waals surface area (Å²) in [6.07, 6.45) is 0.732. The number of ether oxygens (including phenoxy) is 1. The van der Waals surface area contributed by atoms with Crippen LogP contribution in [0.1, 0.15) is 36.6 Å². The van der Waals surface area contributed by atoms with Crippen molar-refractivity contribution < 1.29 is 9.26 Å². The van der Waals surface area contributed by atoms with E-state index in [1.807, 2.05) is 13.0 Å². The van der Waals surface area contributed by atoms with Gasteiger partial charge in [-0.3, -0.25) is 0 Å². The average Bonchev–Trinajstić information content (AvgIpc) is 2.86. The molecule has 2 N–H and O–H groups in total. The number of rotatable bonds is 5. The molecule has 2 aromatic rings. The van der Waals surface area contributed by atoms with Crippen LogP contribution < -0.4 is 10.5 Å². The summed E-state index contributed by atoms with van der Waals surface area (Å²) in [6.45, 7) is 6.92. The molecular weight excluding hydrogens is 252 g/mol. The molecule has 4 heteroatoms. The number of hydrogen-bond acceptors (Lipinski definition) is 4. The first-order chi connectivity index (χ1) is 9.56. The van der Waals surface area contributed by atoms with E-state index in [0.29, 0.717) is 12.5 Å². The zero-order chi connectivity index (χ0) is 14.7. The lowest BCUT2D eigenvalue weighted by atomic mass is 9.95. The maximum Gasteiger partial charge on any atom is 0.167 e. The minimum absolute atomic E-state index is 0.385. The molecule has 2 rings (SSSR count). The summed E-state index contributed by atoms with van der Waals surface area (Å²) in [5.41, 5.74) is 9.78. The highest BCUT2D eigenvalue weighted by Gasteiger charge is 2.15. The standard InChI is InChI=1S/C16H22N2O2/c1-10(2)13-9-14(11(3)7-15(13)19-4)16-8-12(5-6-17)18-20-16/h7-10H,5-6,17H2,1-4H3. The Morgan fingerprint density at radius 2 is 2.05 bits per heavy atom. The van der Waals surface area contributed by atoms with E-state index in [4.69, 9.17) is 15.0 Å². The molecule has 1 aromatic heterocycles. The molecule has 0 radical (unpaired) electrons. The Bertz CT molecular complexity index is 588. The summed E-state index contributed by atoms with van der Waals surface area (Å²) in [7, 11) is 1.70. The molecule has 108 valence electrons. The van der Waals surface area contributed by atoms with E-state index in [9.17, 15) is 0 Å². The third kappa shape index (κ3) is 2.85. The van der Waals surface area contributed by atoms with Gasteiger partial charge in [0.05, 0.1) is 12.8 Å². The first kappa shape index (κ1) is 14.6. The molecule has 0 atom stereocenters. The molecule has 20 heavy (non-hydrogen) atoms. The molecule has 0 saturated heterocycles. The molecule has 0 spiro atoms. The first-order valence-corrected chi connectivity index (χ1v) is 6.91. The summed E-state index contributed by atoms with van der Waals surface area (Å²) < 4.78 is 10.9. The van der Waals surface area contributed by atoms with Crippen molar-refractivity contribution in [1.82, 2.24) is 5.16 Å². The molecule has 0 fully saturated rings. The Hall–Kier alpha value is -1.81. The van der Waals surface area contributed by atoms with Crippen molar-refractivity contribution >= 4 is 0 Å². The number of nitrogens with two attached hydrogens (primary N) is 1. The van der Waals surface area contributed by atoms with Crippen LogP contribution in [0.4, 0.5) is 0 Å². The molecule has 0 unspecified atom stereocenters. The molecule has 1 heterocycles. The highest BCUT2D eigenvalue weighted by atomic mass is 16.5. The second kappa shape index (κ2) is 6.09. The fourth-order valence-corrected chi connectivity index (χ4v) is 2.30. The van der Waals surface area contributed by atoms with Gasteiger partial charge in [0.25, 0.3) is 0 Å². The molecule has 0 amide bonds. The van der Waals surface area contributed by atoms with Crippen LogP contribution in [0.15, 0.2) is 22.7 Å². The molecule has 1 aromatic carbocycles. The van der Waals surface area contributed by atoms with Crippen LogP contribution in [-0.2, 0) is 6.42 Å². The molecule has 0 saturated carbocycles. The monoisotopic (exact) mass is 274 g/mol. The number of nitrogens with zero attached hydrogens (tertiary/aromatic N) is 1. The Labute approximate surface area is 119 Å². The van der Waals surface area contributed by atoms with Crippen molar-refractivity contribution in [3.8, 4) is 17.1 Å². The van der Waals surface area contributed by atoms with Crippen molar-refractivity contribution in [2.24, 2.45) is 5.73 Å². The SMILES string of the molecule is COc1cc(C)c(-c2cc(CCN)no2)cc1C(C)C. The topological polar surface area (TPSA) is 61.3 Å². The number of aromatic nitrogens is 1. The van der Waals surface area contributed by atoms with Gasteiger partial charge >= 0.3 is 0 Å². The summed E-state index contributed by atoms with van der Waals surface area (Å²) >= 11 is 0. The number of hydrogen-bond donors (Lipinski definition) is 1. The van der Waals surface area contributed by atoms with Crippen LogP contribution in [0.3, 0.4) is 0 Å². The average molecular weight is 274 g/mol. The van der Waals surface area contributed by atoms with Gasteiger partial charge in [0.1, 0.15) is 5.75 Å². The molecular formula is C16H22N2O2. The Morgan fingerprint density at radius 3 is 2.65 bits per heavy atom. The maximum absolute atomic E-state index is 5.54.